The quantitative estimate of drug-likeness (QED) is 0.530. The molecule has 3 heterocycles. The molecule has 2 aliphatic rings. The standard InChI is InChI=1S/C24H25F3N4O6/c1-13-9-18(28-37-13)31(23(34)36-24(2,3)4)12-15-11-30(22(33)35-15)17-10-16(25)21(20(27)19(17)26)29-7-5-14(32)6-8-29/h5,7,9-10,15H,6,8,11-12H2,1-4H3/t15-/m1/s1. The molecule has 0 spiro atoms. The van der Waals surface area contributed by atoms with Gasteiger partial charge in [0.2, 0.25) is 0 Å². The Morgan fingerprint density at radius 3 is 2.54 bits per heavy atom. The Bertz CT molecular complexity index is 1270. The van der Waals surface area contributed by atoms with Gasteiger partial charge < -0.3 is 18.9 Å². The number of carbonyl (C=O) groups excluding carboxylic acids is 3. The lowest BCUT2D eigenvalue weighted by atomic mass is 10.1. The molecule has 2 aliphatic heterocycles. The third-order valence-corrected chi connectivity index (χ3v) is 5.50. The van der Waals surface area contributed by atoms with Gasteiger partial charge >= 0.3 is 12.2 Å². The molecule has 0 saturated carbocycles. The van der Waals surface area contributed by atoms with Crippen LogP contribution < -0.4 is 14.7 Å². The topological polar surface area (TPSA) is 105 Å². The van der Waals surface area contributed by atoms with Crippen molar-refractivity contribution in [3.05, 3.63) is 47.6 Å². The van der Waals surface area contributed by atoms with E-state index in [0.717, 1.165) is 20.8 Å². The van der Waals surface area contributed by atoms with Crippen LogP contribution in [0.3, 0.4) is 0 Å². The van der Waals surface area contributed by atoms with E-state index >= 15 is 4.39 Å². The monoisotopic (exact) mass is 522 g/mol. The van der Waals surface area contributed by atoms with Crippen molar-refractivity contribution in [2.24, 2.45) is 0 Å². The summed E-state index contributed by atoms with van der Waals surface area (Å²) in [6, 6.07) is 2.17. The minimum Gasteiger partial charge on any atom is -0.443 e. The minimum absolute atomic E-state index is 0.0120. The van der Waals surface area contributed by atoms with Gasteiger partial charge in [-0.2, -0.15) is 0 Å². The second-order valence-electron chi connectivity index (χ2n) is 9.58. The van der Waals surface area contributed by atoms with Crippen molar-refractivity contribution in [2.75, 3.05) is 34.3 Å². The van der Waals surface area contributed by atoms with Gasteiger partial charge in [-0.3, -0.25) is 14.6 Å². The van der Waals surface area contributed by atoms with Crippen LogP contribution in [0.1, 0.15) is 33.0 Å². The molecule has 0 N–H and O–H groups in total. The number of nitrogens with zero attached hydrogens (tertiary/aromatic N) is 4. The number of amides is 2. The van der Waals surface area contributed by atoms with Crippen LogP contribution in [-0.4, -0.2) is 54.5 Å². The molecule has 0 aliphatic carbocycles. The summed E-state index contributed by atoms with van der Waals surface area (Å²) in [5, 5.41) is 3.81. The van der Waals surface area contributed by atoms with Gasteiger partial charge in [-0.25, -0.2) is 22.8 Å². The number of aryl methyl sites for hydroxylation is 1. The minimum atomic E-state index is -1.52. The van der Waals surface area contributed by atoms with Crippen LogP contribution in [0.15, 0.2) is 28.9 Å². The highest BCUT2D eigenvalue weighted by Gasteiger charge is 2.39. The van der Waals surface area contributed by atoms with Crippen molar-refractivity contribution in [1.82, 2.24) is 5.16 Å². The fraction of sp³-hybridized carbons (Fsp3) is 0.417. The molecule has 1 fully saturated rings. The number of halogens is 3. The largest absolute Gasteiger partial charge is 0.443 e. The van der Waals surface area contributed by atoms with Crippen LogP contribution in [-0.2, 0) is 14.3 Å². The first-order valence-corrected chi connectivity index (χ1v) is 11.4. The number of ketones is 1. The first kappa shape index (κ1) is 26.0. The van der Waals surface area contributed by atoms with Crippen molar-refractivity contribution < 1.29 is 41.6 Å². The van der Waals surface area contributed by atoms with Gasteiger partial charge in [0.25, 0.3) is 0 Å². The lowest BCUT2D eigenvalue weighted by Crippen LogP contribution is -2.42. The van der Waals surface area contributed by atoms with E-state index in [4.69, 9.17) is 14.0 Å². The van der Waals surface area contributed by atoms with E-state index in [9.17, 15) is 23.2 Å². The number of cyclic esters (lactones) is 1. The summed E-state index contributed by atoms with van der Waals surface area (Å²) in [7, 11) is 0. The van der Waals surface area contributed by atoms with E-state index in [1.165, 1.54) is 12.3 Å². The molecule has 4 rings (SSSR count). The number of carbonyl (C=O) groups is 3. The Hall–Kier alpha value is -4.03. The summed E-state index contributed by atoms with van der Waals surface area (Å²) in [6.45, 7) is 6.03. The lowest BCUT2D eigenvalue weighted by Gasteiger charge is -2.27. The molecule has 198 valence electrons. The smallest absolute Gasteiger partial charge is 0.416 e. The number of aromatic nitrogens is 1. The van der Waals surface area contributed by atoms with Gasteiger partial charge in [0.1, 0.15) is 23.2 Å². The van der Waals surface area contributed by atoms with Crippen molar-refractivity contribution in [1.29, 1.82) is 0 Å². The van der Waals surface area contributed by atoms with E-state index in [-0.39, 0.29) is 37.7 Å². The van der Waals surface area contributed by atoms with E-state index in [2.05, 4.69) is 5.16 Å². The molecule has 2 amide bonds. The predicted octanol–water partition coefficient (Wildman–Crippen LogP) is 4.46. The van der Waals surface area contributed by atoms with Gasteiger partial charge in [0, 0.05) is 31.3 Å². The molecule has 13 heteroatoms. The zero-order valence-corrected chi connectivity index (χ0v) is 20.6. The summed E-state index contributed by atoms with van der Waals surface area (Å²) < 4.78 is 60.6. The SMILES string of the molecule is Cc1cc(N(C[C@H]2CN(c3cc(F)c(N4C=CC(=O)CC4)c(F)c3F)C(=O)O2)C(=O)OC(C)(C)C)no1. The second kappa shape index (κ2) is 9.79. The molecule has 1 atom stereocenters. The Morgan fingerprint density at radius 2 is 1.95 bits per heavy atom. The van der Waals surface area contributed by atoms with Crippen LogP contribution in [0, 0.1) is 24.4 Å². The Kier molecular flexibility index (Phi) is 6.89. The molecule has 2 aromatic rings. The molecular weight excluding hydrogens is 497 g/mol. The fourth-order valence-electron chi connectivity index (χ4n) is 3.86. The zero-order valence-electron chi connectivity index (χ0n) is 20.6. The van der Waals surface area contributed by atoms with E-state index in [1.54, 1.807) is 27.7 Å². The van der Waals surface area contributed by atoms with Crippen LogP contribution in [0.2, 0.25) is 0 Å². The molecule has 1 saturated heterocycles. The molecule has 0 bridgehead atoms. The average molecular weight is 522 g/mol. The maximum Gasteiger partial charge on any atom is 0.416 e. The first-order valence-electron chi connectivity index (χ1n) is 11.4. The van der Waals surface area contributed by atoms with Gasteiger partial charge in [0.05, 0.1) is 18.8 Å². The van der Waals surface area contributed by atoms with Crippen LogP contribution in [0.25, 0.3) is 0 Å². The highest BCUT2D eigenvalue weighted by atomic mass is 19.2. The lowest BCUT2D eigenvalue weighted by molar-refractivity contribution is -0.114. The molecule has 10 nitrogen and oxygen atoms in total. The number of allylic oxidation sites excluding steroid dienone is 1. The normalized spacial score (nSPS) is 17.9. The Labute approximate surface area is 210 Å². The van der Waals surface area contributed by atoms with Crippen molar-refractivity contribution in [3.8, 4) is 0 Å². The third kappa shape index (κ3) is 5.54. The van der Waals surface area contributed by atoms with Gasteiger partial charge in [-0.15, -0.1) is 0 Å². The third-order valence-electron chi connectivity index (χ3n) is 5.50. The van der Waals surface area contributed by atoms with Crippen molar-refractivity contribution in [2.45, 2.75) is 45.8 Å². The fourth-order valence-corrected chi connectivity index (χ4v) is 3.86. The number of benzene rings is 1. The van der Waals surface area contributed by atoms with E-state index in [1.807, 2.05) is 0 Å². The summed E-state index contributed by atoms with van der Waals surface area (Å²) in [5.74, 6) is -3.82. The zero-order chi connectivity index (χ0) is 27.1. The van der Waals surface area contributed by atoms with Crippen LogP contribution in [0.4, 0.5) is 40.0 Å². The maximum absolute atomic E-state index is 15.1. The predicted molar refractivity (Wildman–Crippen MR) is 125 cm³/mol. The van der Waals surface area contributed by atoms with E-state index in [0.29, 0.717) is 11.8 Å². The summed E-state index contributed by atoms with van der Waals surface area (Å²) in [5.41, 5.74) is -2.18. The second-order valence-corrected chi connectivity index (χ2v) is 9.58. The summed E-state index contributed by atoms with van der Waals surface area (Å²) in [4.78, 5) is 39.7. The van der Waals surface area contributed by atoms with Crippen LogP contribution in [0.5, 0.6) is 0 Å². The first-order chi connectivity index (χ1) is 17.3. The number of anilines is 3. The Balaban J connectivity index is 1.57. The highest BCUT2D eigenvalue weighted by molar-refractivity contribution is 5.93. The average Bonchev–Trinajstić information content (AvgIpc) is 3.39. The van der Waals surface area contributed by atoms with Gasteiger partial charge in [0.15, 0.2) is 29.1 Å². The van der Waals surface area contributed by atoms with Gasteiger partial charge in [-0.05, 0) is 33.8 Å². The summed E-state index contributed by atoms with van der Waals surface area (Å²) >= 11 is 0. The number of rotatable bonds is 5. The van der Waals surface area contributed by atoms with E-state index < -0.39 is 52.7 Å². The number of ether oxygens (including phenoxy) is 2. The van der Waals surface area contributed by atoms with Crippen LogP contribution >= 0.6 is 0 Å². The van der Waals surface area contributed by atoms with Crippen molar-refractivity contribution in [3.63, 3.8) is 0 Å². The molecule has 1 aromatic carbocycles. The molecular formula is C24H25F3N4O6. The molecule has 37 heavy (non-hydrogen) atoms. The summed E-state index contributed by atoms with van der Waals surface area (Å²) in [6.07, 6.45) is -0.543. The number of hydrogen-bond donors (Lipinski definition) is 0. The maximum atomic E-state index is 15.1. The highest BCUT2D eigenvalue weighted by Crippen LogP contribution is 2.35. The number of hydrogen-bond acceptors (Lipinski definition) is 8. The van der Waals surface area contributed by atoms with Crippen molar-refractivity contribution >= 4 is 35.2 Å². The van der Waals surface area contributed by atoms with Gasteiger partial charge in [-0.1, -0.05) is 5.16 Å². The molecule has 1 aromatic heterocycles. The molecule has 0 radical (unpaired) electrons. The Morgan fingerprint density at radius 1 is 1.22 bits per heavy atom. The molecule has 0 unspecified atom stereocenters.